The van der Waals surface area contributed by atoms with Crippen molar-refractivity contribution in [3.8, 4) is 5.88 Å². The van der Waals surface area contributed by atoms with Crippen molar-refractivity contribution in [1.29, 1.82) is 0 Å². The van der Waals surface area contributed by atoms with Gasteiger partial charge in [0.1, 0.15) is 6.10 Å². The number of hydrogen-bond acceptors (Lipinski definition) is 7. The summed E-state index contributed by atoms with van der Waals surface area (Å²) in [6.45, 7) is 2.02. The predicted molar refractivity (Wildman–Crippen MR) is 92.4 cm³/mol. The Bertz CT molecular complexity index is 700. The molecule has 0 radical (unpaired) electrons. The van der Waals surface area contributed by atoms with Crippen molar-refractivity contribution in [3.63, 3.8) is 0 Å². The highest BCUT2D eigenvalue weighted by Crippen LogP contribution is 2.33. The number of aromatic nitrogens is 4. The summed E-state index contributed by atoms with van der Waals surface area (Å²) < 4.78 is 11.6. The van der Waals surface area contributed by atoms with Crippen LogP contribution in [-0.4, -0.2) is 32.3 Å². The van der Waals surface area contributed by atoms with E-state index in [-0.39, 0.29) is 0 Å². The maximum atomic E-state index is 5.96. The van der Waals surface area contributed by atoms with Crippen LogP contribution in [0.15, 0.2) is 16.8 Å². The van der Waals surface area contributed by atoms with Gasteiger partial charge < -0.3 is 14.5 Å². The van der Waals surface area contributed by atoms with Crippen LogP contribution in [0.25, 0.3) is 0 Å². The van der Waals surface area contributed by atoms with Crippen molar-refractivity contribution >= 4 is 5.82 Å². The molecule has 0 spiro atoms. The van der Waals surface area contributed by atoms with Crippen LogP contribution in [0.2, 0.25) is 0 Å². The van der Waals surface area contributed by atoms with Crippen LogP contribution in [0.5, 0.6) is 5.88 Å². The van der Waals surface area contributed by atoms with Crippen LogP contribution < -0.4 is 10.1 Å². The van der Waals surface area contributed by atoms with Crippen molar-refractivity contribution in [2.75, 3.05) is 5.32 Å². The number of ether oxygens (including phenoxy) is 1. The highest BCUT2D eigenvalue weighted by Gasteiger charge is 2.28. The second-order valence-corrected chi connectivity index (χ2v) is 7.05. The maximum Gasteiger partial charge on any atom is 0.257 e. The molecule has 7 heteroatoms. The van der Waals surface area contributed by atoms with Gasteiger partial charge in [-0.15, -0.1) is 10.2 Å². The Morgan fingerprint density at radius 2 is 1.96 bits per heavy atom. The van der Waals surface area contributed by atoms with Gasteiger partial charge in [0.05, 0.1) is 0 Å². The SMILES string of the molecule is CCc1nnc(C[C@@H]2CC[C@H](Nc3nccnc3OC3CCC3)C2)o1. The lowest BCUT2D eigenvalue weighted by atomic mass is 9.96. The quantitative estimate of drug-likeness (QED) is 0.826. The molecule has 2 aromatic rings. The number of anilines is 1. The van der Waals surface area contributed by atoms with E-state index in [2.05, 4.69) is 25.5 Å². The van der Waals surface area contributed by atoms with Crippen molar-refractivity contribution in [2.45, 2.75) is 70.4 Å². The average molecular weight is 343 g/mol. The molecule has 134 valence electrons. The second kappa shape index (κ2) is 7.37. The van der Waals surface area contributed by atoms with E-state index >= 15 is 0 Å². The predicted octanol–water partition coefficient (Wildman–Crippen LogP) is 3.18. The Balaban J connectivity index is 1.33. The molecule has 0 saturated heterocycles. The lowest BCUT2D eigenvalue weighted by Crippen LogP contribution is -2.26. The van der Waals surface area contributed by atoms with Crippen LogP contribution in [0.3, 0.4) is 0 Å². The van der Waals surface area contributed by atoms with Gasteiger partial charge in [-0.1, -0.05) is 6.92 Å². The van der Waals surface area contributed by atoms with E-state index in [0.29, 0.717) is 23.9 Å². The lowest BCUT2D eigenvalue weighted by molar-refractivity contribution is 0.115. The minimum Gasteiger partial charge on any atom is -0.472 e. The first kappa shape index (κ1) is 16.3. The number of nitrogens with zero attached hydrogens (tertiary/aromatic N) is 4. The fourth-order valence-corrected chi connectivity index (χ4v) is 3.50. The van der Waals surface area contributed by atoms with Crippen molar-refractivity contribution in [2.24, 2.45) is 5.92 Å². The maximum absolute atomic E-state index is 5.96. The summed E-state index contributed by atoms with van der Waals surface area (Å²) in [6.07, 6.45) is 12.2. The largest absolute Gasteiger partial charge is 0.472 e. The Morgan fingerprint density at radius 3 is 2.72 bits per heavy atom. The molecule has 2 saturated carbocycles. The van der Waals surface area contributed by atoms with E-state index in [0.717, 1.165) is 62.5 Å². The molecule has 2 aliphatic rings. The molecular weight excluding hydrogens is 318 g/mol. The third-order valence-corrected chi connectivity index (χ3v) is 5.15. The summed E-state index contributed by atoms with van der Waals surface area (Å²) in [5.41, 5.74) is 0. The number of aryl methyl sites for hydroxylation is 1. The van der Waals surface area contributed by atoms with E-state index in [4.69, 9.17) is 9.15 Å². The zero-order valence-corrected chi connectivity index (χ0v) is 14.6. The molecule has 2 aliphatic carbocycles. The van der Waals surface area contributed by atoms with E-state index in [9.17, 15) is 0 Å². The van der Waals surface area contributed by atoms with E-state index < -0.39 is 0 Å². The molecule has 2 aromatic heterocycles. The molecular formula is C18H25N5O2. The molecule has 7 nitrogen and oxygen atoms in total. The van der Waals surface area contributed by atoms with Gasteiger partial charge in [-0.3, -0.25) is 0 Å². The fourth-order valence-electron chi connectivity index (χ4n) is 3.50. The summed E-state index contributed by atoms with van der Waals surface area (Å²) >= 11 is 0. The van der Waals surface area contributed by atoms with Gasteiger partial charge in [-0.2, -0.15) is 0 Å². The summed E-state index contributed by atoms with van der Waals surface area (Å²) in [7, 11) is 0. The van der Waals surface area contributed by atoms with Gasteiger partial charge in [-0.25, -0.2) is 9.97 Å². The molecule has 2 atom stereocenters. The van der Waals surface area contributed by atoms with Gasteiger partial charge in [0.15, 0.2) is 5.82 Å². The first-order valence-corrected chi connectivity index (χ1v) is 9.35. The van der Waals surface area contributed by atoms with Gasteiger partial charge in [-0.05, 0) is 44.4 Å². The van der Waals surface area contributed by atoms with Crippen LogP contribution in [0, 0.1) is 5.92 Å². The number of hydrogen-bond donors (Lipinski definition) is 1. The molecule has 2 fully saturated rings. The zero-order chi connectivity index (χ0) is 17.1. The summed E-state index contributed by atoms with van der Waals surface area (Å²) in [6, 6.07) is 0.388. The standard InChI is InChI=1S/C18H25N5O2/c1-2-15-22-23-16(25-15)11-12-6-7-13(10-12)21-17-18(20-9-8-19-17)24-14-4-3-5-14/h8-9,12-14H,2-7,10-11H2,1H3,(H,19,21)/t12-,13+/m1/s1. The number of nitrogens with one attached hydrogen (secondary N) is 1. The minimum absolute atomic E-state index is 0.305. The molecule has 25 heavy (non-hydrogen) atoms. The smallest absolute Gasteiger partial charge is 0.257 e. The Hall–Kier alpha value is -2.18. The lowest BCUT2D eigenvalue weighted by Gasteiger charge is -2.26. The van der Waals surface area contributed by atoms with Gasteiger partial charge >= 0.3 is 0 Å². The second-order valence-electron chi connectivity index (χ2n) is 7.05. The molecule has 0 amide bonds. The topological polar surface area (TPSA) is 86.0 Å². The third-order valence-electron chi connectivity index (χ3n) is 5.15. The van der Waals surface area contributed by atoms with Crippen molar-refractivity contribution < 1.29 is 9.15 Å². The van der Waals surface area contributed by atoms with Crippen LogP contribution in [0.1, 0.15) is 57.2 Å². The van der Waals surface area contributed by atoms with Crippen molar-refractivity contribution in [1.82, 2.24) is 20.2 Å². The molecule has 4 rings (SSSR count). The zero-order valence-electron chi connectivity index (χ0n) is 14.6. The van der Waals surface area contributed by atoms with E-state index in [1.54, 1.807) is 12.4 Å². The van der Waals surface area contributed by atoms with Gasteiger partial charge in [0, 0.05) is 31.3 Å². The number of rotatable bonds is 7. The fraction of sp³-hybridized carbons (Fsp3) is 0.667. The Kier molecular flexibility index (Phi) is 4.81. The van der Waals surface area contributed by atoms with Crippen LogP contribution >= 0.6 is 0 Å². The van der Waals surface area contributed by atoms with Crippen LogP contribution in [-0.2, 0) is 12.8 Å². The summed E-state index contributed by atoms with van der Waals surface area (Å²) in [4.78, 5) is 8.80. The monoisotopic (exact) mass is 343 g/mol. The molecule has 0 unspecified atom stereocenters. The minimum atomic E-state index is 0.305. The molecule has 0 aromatic carbocycles. The Labute approximate surface area is 147 Å². The Morgan fingerprint density at radius 1 is 1.12 bits per heavy atom. The van der Waals surface area contributed by atoms with E-state index in [1.807, 2.05) is 6.92 Å². The van der Waals surface area contributed by atoms with Crippen LogP contribution in [0.4, 0.5) is 5.82 Å². The average Bonchev–Trinajstić information content (AvgIpc) is 3.22. The molecule has 1 N–H and O–H groups in total. The highest BCUT2D eigenvalue weighted by atomic mass is 16.5. The highest BCUT2D eigenvalue weighted by molar-refractivity contribution is 5.45. The summed E-state index contributed by atoms with van der Waals surface area (Å²) in [5, 5.41) is 11.7. The van der Waals surface area contributed by atoms with E-state index in [1.165, 1.54) is 6.42 Å². The van der Waals surface area contributed by atoms with Gasteiger partial charge in [0.2, 0.25) is 11.8 Å². The first-order chi connectivity index (χ1) is 12.3. The third kappa shape index (κ3) is 3.91. The van der Waals surface area contributed by atoms with Gasteiger partial charge in [0.25, 0.3) is 5.88 Å². The molecule has 0 aliphatic heterocycles. The summed E-state index contributed by atoms with van der Waals surface area (Å²) in [5.74, 6) is 3.46. The molecule has 0 bridgehead atoms. The van der Waals surface area contributed by atoms with Crippen molar-refractivity contribution in [3.05, 3.63) is 24.2 Å². The molecule has 2 heterocycles. The normalized spacial score (nSPS) is 23.4. The first-order valence-electron chi connectivity index (χ1n) is 9.35.